The maximum Gasteiger partial charge on any atom is 0.133 e. The van der Waals surface area contributed by atoms with Crippen molar-refractivity contribution in [3.63, 3.8) is 0 Å². The number of hydrogen-bond donors (Lipinski definition) is 1. The van der Waals surface area contributed by atoms with Gasteiger partial charge in [-0.2, -0.15) is 0 Å². The van der Waals surface area contributed by atoms with Crippen LogP contribution in [0.25, 0.3) is 0 Å². The number of ether oxygens (including phenoxy) is 2. The van der Waals surface area contributed by atoms with Crippen LogP contribution in [0.5, 0.6) is 11.5 Å². The summed E-state index contributed by atoms with van der Waals surface area (Å²) >= 11 is 6.16. The van der Waals surface area contributed by atoms with Crippen LogP contribution in [0.15, 0.2) is 36.4 Å². The van der Waals surface area contributed by atoms with Crippen LogP contribution in [0.1, 0.15) is 22.8 Å². The number of rotatable bonds is 2. The highest BCUT2D eigenvalue weighted by molar-refractivity contribution is 6.30. The van der Waals surface area contributed by atoms with E-state index in [0.717, 1.165) is 34.6 Å². The molecule has 2 aromatic rings. The summed E-state index contributed by atoms with van der Waals surface area (Å²) in [6.07, 6.45) is 0.483. The van der Waals surface area contributed by atoms with Crippen molar-refractivity contribution in [2.45, 2.75) is 25.0 Å². The minimum atomic E-state index is -0.747. The molecule has 0 amide bonds. The smallest absolute Gasteiger partial charge is 0.133 e. The Morgan fingerprint density at radius 3 is 2.90 bits per heavy atom. The third-order valence-electron chi connectivity index (χ3n) is 4.12. The zero-order chi connectivity index (χ0) is 14.4. The third kappa shape index (κ3) is 2.17. The molecular weight excluding hydrogens is 288 g/mol. The van der Waals surface area contributed by atoms with E-state index in [4.69, 9.17) is 21.1 Å². The minimum absolute atomic E-state index is 0.297. The molecule has 0 aromatic heterocycles. The molecule has 0 radical (unpaired) electrons. The fraction of sp³-hybridized carbons (Fsp3) is 0.294. The number of hydrogen-bond acceptors (Lipinski definition) is 3. The van der Waals surface area contributed by atoms with Gasteiger partial charge in [-0.05, 0) is 29.3 Å². The fourth-order valence-electron chi connectivity index (χ4n) is 3.10. The predicted octanol–water partition coefficient (Wildman–Crippen LogP) is 3.31. The van der Waals surface area contributed by atoms with Crippen LogP contribution in [-0.2, 0) is 12.8 Å². The van der Waals surface area contributed by atoms with Gasteiger partial charge in [0.1, 0.15) is 23.7 Å². The summed E-state index contributed by atoms with van der Waals surface area (Å²) in [6, 6.07) is 11.6. The summed E-state index contributed by atoms with van der Waals surface area (Å²) in [5, 5.41) is 11.3. The Morgan fingerprint density at radius 2 is 2.05 bits per heavy atom. The molecule has 2 heterocycles. The molecule has 3 nitrogen and oxygen atoms in total. The molecule has 2 aliphatic rings. The zero-order valence-electron chi connectivity index (χ0n) is 11.4. The normalized spacial score (nSPS) is 20.4. The van der Waals surface area contributed by atoms with Gasteiger partial charge in [0.25, 0.3) is 0 Å². The Hall–Kier alpha value is -1.71. The molecule has 21 heavy (non-hydrogen) atoms. The first-order valence-corrected chi connectivity index (χ1v) is 7.48. The molecule has 2 aliphatic heterocycles. The van der Waals surface area contributed by atoms with E-state index >= 15 is 0 Å². The van der Waals surface area contributed by atoms with Crippen molar-refractivity contribution >= 4 is 11.6 Å². The Balaban J connectivity index is 1.67. The van der Waals surface area contributed by atoms with Crippen LogP contribution in [0.3, 0.4) is 0 Å². The predicted molar refractivity (Wildman–Crippen MR) is 80.2 cm³/mol. The van der Waals surface area contributed by atoms with Crippen LogP contribution >= 0.6 is 11.6 Å². The van der Waals surface area contributed by atoms with Gasteiger partial charge in [-0.3, -0.25) is 0 Å². The van der Waals surface area contributed by atoms with Crippen molar-refractivity contribution in [3.8, 4) is 11.5 Å². The molecule has 2 atom stereocenters. The van der Waals surface area contributed by atoms with Crippen molar-refractivity contribution in [1.82, 2.24) is 0 Å². The van der Waals surface area contributed by atoms with E-state index < -0.39 is 6.10 Å². The van der Waals surface area contributed by atoms with E-state index in [0.29, 0.717) is 18.1 Å². The highest BCUT2D eigenvalue weighted by atomic mass is 35.5. The van der Waals surface area contributed by atoms with E-state index in [9.17, 15) is 5.11 Å². The number of halogens is 1. The van der Waals surface area contributed by atoms with E-state index in [-0.39, 0.29) is 6.10 Å². The number of aliphatic hydroxyl groups excluding tert-OH is 1. The van der Waals surface area contributed by atoms with E-state index in [1.54, 1.807) is 6.07 Å². The lowest BCUT2D eigenvalue weighted by Gasteiger charge is -2.20. The topological polar surface area (TPSA) is 38.7 Å². The van der Waals surface area contributed by atoms with Crippen molar-refractivity contribution in [1.29, 1.82) is 0 Å². The molecule has 2 aromatic carbocycles. The van der Waals surface area contributed by atoms with Gasteiger partial charge in [-0.1, -0.05) is 29.8 Å². The quantitative estimate of drug-likeness (QED) is 0.925. The summed E-state index contributed by atoms with van der Waals surface area (Å²) in [5.41, 5.74) is 2.92. The highest BCUT2D eigenvalue weighted by Crippen LogP contribution is 2.41. The van der Waals surface area contributed by atoms with Crippen molar-refractivity contribution in [3.05, 3.63) is 58.1 Å². The molecule has 0 fully saturated rings. The summed E-state index contributed by atoms with van der Waals surface area (Å²) < 4.78 is 11.5. The van der Waals surface area contributed by atoms with Crippen LogP contribution in [0, 0.1) is 0 Å². The largest absolute Gasteiger partial charge is 0.493 e. The minimum Gasteiger partial charge on any atom is -0.493 e. The summed E-state index contributed by atoms with van der Waals surface area (Å²) in [6.45, 7) is 0.640. The van der Waals surface area contributed by atoms with Gasteiger partial charge in [0.15, 0.2) is 0 Å². The maximum atomic E-state index is 10.7. The molecule has 0 saturated heterocycles. The number of fused-ring (bicyclic) bond motifs is 2. The lowest BCUT2D eigenvalue weighted by Crippen LogP contribution is -2.23. The van der Waals surface area contributed by atoms with E-state index in [1.807, 2.05) is 30.3 Å². The lowest BCUT2D eigenvalue weighted by atomic mass is 9.97. The molecule has 2 unspecified atom stereocenters. The molecule has 0 spiro atoms. The summed E-state index contributed by atoms with van der Waals surface area (Å²) in [7, 11) is 0. The number of para-hydroxylation sites is 1. The van der Waals surface area contributed by atoms with Crippen molar-refractivity contribution in [2.75, 3.05) is 6.61 Å². The van der Waals surface area contributed by atoms with Gasteiger partial charge in [0.2, 0.25) is 0 Å². The molecular formula is C17H15ClO3. The van der Waals surface area contributed by atoms with Crippen LogP contribution in [0.4, 0.5) is 0 Å². The van der Waals surface area contributed by atoms with Crippen molar-refractivity contribution < 1.29 is 14.6 Å². The standard InChI is InChI=1S/C17H15ClO3/c18-12-7-11-5-6-20-17(11)13(9-12)16(19)15-8-10-3-1-2-4-14(10)21-15/h1-4,7,9,15-16,19H,5-6,8H2. The maximum absolute atomic E-state index is 10.7. The van der Waals surface area contributed by atoms with Crippen LogP contribution in [0.2, 0.25) is 5.02 Å². The Morgan fingerprint density at radius 1 is 1.19 bits per heavy atom. The first kappa shape index (κ1) is 13.0. The van der Waals surface area contributed by atoms with Crippen LogP contribution in [-0.4, -0.2) is 17.8 Å². The second-order valence-electron chi connectivity index (χ2n) is 5.49. The molecule has 108 valence electrons. The first-order chi connectivity index (χ1) is 10.2. The fourth-order valence-corrected chi connectivity index (χ4v) is 3.35. The SMILES string of the molecule is OC(c1cc(Cl)cc2c1OCC2)C1Cc2ccccc2O1. The Labute approximate surface area is 128 Å². The van der Waals surface area contributed by atoms with Gasteiger partial charge in [-0.15, -0.1) is 0 Å². The van der Waals surface area contributed by atoms with E-state index in [2.05, 4.69) is 0 Å². The third-order valence-corrected chi connectivity index (χ3v) is 4.34. The Kier molecular flexibility index (Phi) is 3.05. The second-order valence-corrected chi connectivity index (χ2v) is 5.93. The molecule has 0 aliphatic carbocycles. The molecule has 0 saturated carbocycles. The second kappa shape index (κ2) is 4.93. The number of benzene rings is 2. The zero-order valence-corrected chi connectivity index (χ0v) is 12.1. The molecule has 1 N–H and O–H groups in total. The molecule has 0 bridgehead atoms. The summed E-state index contributed by atoms with van der Waals surface area (Å²) in [5.74, 6) is 1.62. The number of aliphatic hydroxyl groups is 1. The molecule has 4 heteroatoms. The summed E-state index contributed by atoms with van der Waals surface area (Å²) in [4.78, 5) is 0. The lowest BCUT2D eigenvalue weighted by molar-refractivity contribution is 0.0474. The van der Waals surface area contributed by atoms with Gasteiger partial charge in [-0.25, -0.2) is 0 Å². The van der Waals surface area contributed by atoms with Crippen molar-refractivity contribution in [2.24, 2.45) is 0 Å². The average molecular weight is 303 g/mol. The van der Waals surface area contributed by atoms with Gasteiger partial charge < -0.3 is 14.6 Å². The average Bonchev–Trinajstić information content (AvgIpc) is 3.11. The van der Waals surface area contributed by atoms with Crippen LogP contribution < -0.4 is 9.47 Å². The van der Waals surface area contributed by atoms with Gasteiger partial charge in [0, 0.05) is 23.4 Å². The van der Waals surface area contributed by atoms with Gasteiger partial charge >= 0.3 is 0 Å². The monoisotopic (exact) mass is 302 g/mol. The molecule has 4 rings (SSSR count). The highest BCUT2D eigenvalue weighted by Gasteiger charge is 2.33. The Bertz CT molecular complexity index is 673. The van der Waals surface area contributed by atoms with Gasteiger partial charge in [0.05, 0.1) is 6.61 Å². The van der Waals surface area contributed by atoms with E-state index in [1.165, 1.54) is 0 Å². The first-order valence-electron chi connectivity index (χ1n) is 7.10.